The SMILES string of the molecule is CCOc1ccc(/C=N/NC(=O)C(=Cc2cccs2)NC(=O)c2ccccc2)c(O)c1. The van der Waals surface area contributed by atoms with Gasteiger partial charge in [-0.3, -0.25) is 9.59 Å². The number of benzene rings is 2. The molecule has 8 heteroatoms. The van der Waals surface area contributed by atoms with Gasteiger partial charge in [-0.15, -0.1) is 11.3 Å². The molecule has 3 N–H and O–H groups in total. The average Bonchev–Trinajstić information content (AvgIpc) is 3.28. The molecule has 0 aliphatic heterocycles. The molecule has 3 rings (SSSR count). The summed E-state index contributed by atoms with van der Waals surface area (Å²) >= 11 is 1.43. The highest BCUT2D eigenvalue weighted by Gasteiger charge is 2.14. The first-order chi connectivity index (χ1) is 15.1. The van der Waals surface area contributed by atoms with Crippen molar-refractivity contribution in [3.05, 3.63) is 87.7 Å². The second-order valence-electron chi connectivity index (χ2n) is 6.25. The van der Waals surface area contributed by atoms with Crippen molar-refractivity contribution >= 4 is 35.4 Å². The molecule has 1 aromatic heterocycles. The van der Waals surface area contributed by atoms with Gasteiger partial charge in [0.15, 0.2) is 0 Å². The molecule has 3 aromatic rings. The number of rotatable bonds is 8. The number of phenolic OH excluding ortho intramolecular Hbond substituents is 1. The number of nitrogens with one attached hydrogen (secondary N) is 2. The highest BCUT2D eigenvalue weighted by Crippen LogP contribution is 2.22. The summed E-state index contributed by atoms with van der Waals surface area (Å²) in [6, 6.07) is 17.0. The lowest BCUT2D eigenvalue weighted by Crippen LogP contribution is -2.32. The van der Waals surface area contributed by atoms with Crippen molar-refractivity contribution in [2.45, 2.75) is 6.92 Å². The second kappa shape index (κ2) is 10.7. The minimum absolute atomic E-state index is 0.0318. The average molecular weight is 436 g/mol. The molecule has 0 fully saturated rings. The number of hydrogen-bond acceptors (Lipinski definition) is 6. The second-order valence-corrected chi connectivity index (χ2v) is 7.23. The predicted molar refractivity (Wildman–Crippen MR) is 121 cm³/mol. The number of carbonyl (C=O) groups excluding carboxylic acids is 2. The van der Waals surface area contributed by atoms with Crippen molar-refractivity contribution in [1.29, 1.82) is 0 Å². The number of aromatic hydroxyl groups is 1. The zero-order valence-corrected chi connectivity index (χ0v) is 17.6. The lowest BCUT2D eigenvalue weighted by molar-refractivity contribution is -0.117. The highest BCUT2D eigenvalue weighted by molar-refractivity contribution is 7.10. The third kappa shape index (κ3) is 6.28. The van der Waals surface area contributed by atoms with E-state index < -0.39 is 11.8 Å². The van der Waals surface area contributed by atoms with Crippen molar-refractivity contribution in [2.75, 3.05) is 6.61 Å². The smallest absolute Gasteiger partial charge is 0.287 e. The molecule has 0 spiro atoms. The van der Waals surface area contributed by atoms with Crippen LogP contribution < -0.4 is 15.5 Å². The van der Waals surface area contributed by atoms with Gasteiger partial charge in [0.25, 0.3) is 11.8 Å². The van der Waals surface area contributed by atoms with Crippen molar-refractivity contribution in [1.82, 2.24) is 10.7 Å². The summed E-state index contributed by atoms with van der Waals surface area (Å²) < 4.78 is 5.32. The number of amides is 2. The number of ether oxygens (including phenoxy) is 1. The minimum atomic E-state index is -0.598. The van der Waals surface area contributed by atoms with Gasteiger partial charge in [0.1, 0.15) is 17.2 Å². The van der Waals surface area contributed by atoms with Crippen LogP contribution in [0.5, 0.6) is 11.5 Å². The Morgan fingerprint density at radius 3 is 2.61 bits per heavy atom. The van der Waals surface area contributed by atoms with Crippen LogP contribution in [0.2, 0.25) is 0 Å². The number of hydrazone groups is 1. The summed E-state index contributed by atoms with van der Waals surface area (Å²) in [5.41, 5.74) is 3.25. The van der Waals surface area contributed by atoms with E-state index in [0.717, 1.165) is 4.88 Å². The molecule has 7 nitrogen and oxygen atoms in total. The summed E-state index contributed by atoms with van der Waals surface area (Å²) in [5.74, 6) is -0.507. The molecule has 31 heavy (non-hydrogen) atoms. The lowest BCUT2D eigenvalue weighted by Gasteiger charge is -2.09. The van der Waals surface area contributed by atoms with Gasteiger partial charge in [0.2, 0.25) is 0 Å². The van der Waals surface area contributed by atoms with E-state index in [4.69, 9.17) is 4.74 Å². The van der Waals surface area contributed by atoms with Gasteiger partial charge in [-0.2, -0.15) is 5.10 Å². The maximum absolute atomic E-state index is 12.7. The minimum Gasteiger partial charge on any atom is -0.507 e. The zero-order valence-electron chi connectivity index (χ0n) is 16.7. The van der Waals surface area contributed by atoms with Crippen LogP contribution in [0.25, 0.3) is 6.08 Å². The number of phenols is 1. The van der Waals surface area contributed by atoms with Gasteiger partial charge in [-0.1, -0.05) is 24.3 Å². The fourth-order valence-electron chi connectivity index (χ4n) is 2.57. The van der Waals surface area contributed by atoms with Gasteiger partial charge in [0, 0.05) is 22.1 Å². The topological polar surface area (TPSA) is 100 Å². The summed E-state index contributed by atoms with van der Waals surface area (Å²) in [6.45, 7) is 2.33. The van der Waals surface area contributed by atoms with Crippen LogP contribution in [-0.2, 0) is 4.79 Å². The van der Waals surface area contributed by atoms with Crippen LogP contribution in [0.1, 0.15) is 27.7 Å². The Kier molecular flexibility index (Phi) is 7.56. The molecular formula is C23H21N3O4S. The number of hydrogen-bond donors (Lipinski definition) is 3. The lowest BCUT2D eigenvalue weighted by atomic mass is 10.2. The monoisotopic (exact) mass is 435 g/mol. The van der Waals surface area contributed by atoms with Crippen LogP contribution in [0.15, 0.2) is 76.8 Å². The Balaban J connectivity index is 1.73. The van der Waals surface area contributed by atoms with Gasteiger partial charge in [0.05, 0.1) is 12.8 Å². The first-order valence-corrected chi connectivity index (χ1v) is 10.4. The van der Waals surface area contributed by atoms with Crippen LogP contribution in [-0.4, -0.2) is 29.7 Å². The molecule has 0 saturated heterocycles. The van der Waals surface area contributed by atoms with Crippen molar-refractivity contribution < 1.29 is 19.4 Å². The fourth-order valence-corrected chi connectivity index (χ4v) is 3.23. The third-order valence-corrected chi connectivity index (χ3v) is 4.86. The van der Waals surface area contributed by atoms with E-state index in [-0.39, 0.29) is 11.4 Å². The Morgan fingerprint density at radius 2 is 1.94 bits per heavy atom. The normalized spacial score (nSPS) is 11.3. The molecule has 2 amide bonds. The first-order valence-electron chi connectivity index (χ1n) is 9.47. The first kappa shape index (κ1) is 21.8. The van der Waals surface area contributed by atoms with Gasteiger partial charge in [-0.25, -0.2) is 5.43 Å². The molecule has 0 radical (unpaired) electrons. The van der Waals surface area contributed by atoms with Gasteiger partial charge < -0.3 is 15.2 Å². The Bertz CT molecular complexity index is 1090. The molecule has 0 aliphatic rings. The van der Waals surface area contributed by atoms with Crippen LogP contribution in [0, 0.1) is 0 Å². The van der Waals surface area contributed by atoms with Crippen LogP contribution in [0.4, 0.5) is 0 Å². The molecule has 0 unspecified atom stereocenters. The van der Waals surface area contributed by atoms with E-state index in [1.54, 1.807) is 48.5 Å². The van der Waals surface area contributed by atoms with Crippen LogP contribution in [0.3, 0.4) is 0 Å². The largest absolute Gasteiger partial charge is 0.507 e. The molecule has 0 atom stereocenters. The molecule has 158 valence electrons. The van der Waals surface area contributed by atoms with Crippen molar-refractivity contribution in [3.8, 4) is 11.5 Å². The summed E-state index contributed by atoms with van der Waals surface area (Å²) in [4.78, 5) is 26.0. The van der Waals surface area contributed by atoms with Gasteiger partial charge in [-0.05, 0) is 48.7 Å². The molecule has 1 heterocycles. The van der Waals surface area contributed by atoms with E-state index in [9.17, 15) is 14.7 Å². The molecule has 0 bridgehead atoms. The standard InChI is InChI=1S/C23H21N3O4S/c1-2-30-18-11-10-17(21(27)13-18)15-24-26-23(29)20(14-19-9-6-12-31-19)25-22(28)16-7-4-3-5-8-16/h3-15,27H,2H2,1H3,(H,25,28)(H,26,29)/b20-14?,24-15+. The number of thiophene rings is 1. The summed E-state index contributed by atoms with van der Waals surface area (Å²) in [7, 11) is 0. The molecular weight excluding hydrogens is 414 g/mol. The van der Waals surface area contributed by atoms with Crippen molar-refractivity contribution in [2.24, 2.45) is 5.10 Å². The summed E-state index contributed by atoms with van der Waals surface area (Å²) in [6.07, 6.45) is 2.88. The quantitative estimate of drug-likeness (QED) is 0.285. The molecule has 0 saturated carbocycles. The molecule has 0 aliphatic carbocycles. The fraction of sp³-hybridized carbons (Fsp3) is 0.0870. The third-order valence-electron chi connectivity index (χ3n) is 4.04. The maximum atomic E-state index is 12.7. The molecule has 2 aromatic carbocycles. The van der Waals surface area contributed by atoms with E-state index in [2.05, 4.69) is 15.8 Å². The van der Waals surface area contributed by atoms with Crippen molar-refractivity contribution in [3.63, 3.8) is 0 Å². The summed E-state index contributed by atoms with van der Waals surface area (Å²) in [5, 5.41) is 18.4. The Hall–Kier alpha value is -3.91. The predicted octanol–water partition coefficient (Wildman–Crippen LogP) is 3.77. The Labute approximate surface area is 183 Å². The Morgan fingerprint density at radius 1 is 1.13 bits per heavy atom. The zero-order chi connectivity index (χ0) is 22.1. The number of nitrogens with zero attached hydrogens (tertiary/aromatic N) is 1. The van der Waals surface area contributed by atoms with E-state index in [1.807, 2.05) is 24.4 Å². The maximum Gasteiger partial charge on any atom is 0.287 e. The van der Waals surface area contributed by atoms with E-state index in [0.29, 0.717) is 23.5 Å². The van der Waals surface area contributed by atoms with E-state index in [1.165, 1.54) is 23.6 Å². The highest BCUT2D eigenvalue weighted by atomic mass is 32.1. The van der Waals surface area contributed by atoms with Crippen LogP contribution >= 0.6 is 11.3 Å². The number of carbonyl (C=O) groups is 2. The van der Waals surface area contributed by atoms with Gasteiger partial charge >= 0.3 is 0 Å². The van der Waals surface area contributed by atoms with E-state index >= 15 is 0 Å².